The Morgan fingerprint density at radius 3 is 2.91 bits per heavy atom. The zero-order valence-electron chi connectivity index (χ0n) is 12.0. The van der Waals surface area contributed by atoms with Crippen molar-refractivity contribution in [2.75, 3.05) is 0 Å². The fraction of sp³-hybridized carbons (Fsp3) is 0.250. The van der Waals surface area contributed by atoms with E-state index in [1.165, 1.54) is 12.8 Å². The second-order valence-electron chi connectivity index (χ2n) is 5.30. The van der Waals surface area contributed by atoms with Crippen LogP contribution in [0.5, 0.6) is 0 Å². The average Bonchev–Trinajstić information content (AvgIpc) is 3.15. The molecule has 1 unspecified atom stereocenters. The molecule has 0 aliphatic heterocycles. The number of hydrogen-bond acceptors (Lipinski definition) is 5. The summed E-state index contributed by atoms with van der Waals surface area (Å²) >= 11 is 1.56. The summed E-state index contributed by atoms with van der Waals surface area (Å²) in [4.78, 5) is 4.84. The SMILES string of the molecule is C1=CCC(/C=C/c2nn3c(-c4ccncc4)nnc3s2)CC1. The van der Waals surface area contributed by atoms with E-state index in [4.69, 9.17) is 0 Å². The first-order chi connectivity index (χ1) is 10.9. The maximum absolute atomic E-state index is 4.62. The first-order valence-electron chi connectivity index (χ1n) is 7.36. The van der Waals surface area contributed by atoms with Crippen LogP contribution in [0.4, 0.5) is 0 Å². The molecule has 0 saturated heterocycles. The van der Waals surface area contributed by atoms with Crippen LogP contribution in [0.15, 0.2) is 42.8 Å². The van der Waals surface area contributed by atoms with Crippen LogP contribution in [-0.2, 0) is 0 Å². The van der Waals surface area contributed by atoms with E-state index in [1.54, 1.807) is 28.2 Å². The largest absolute Gasteiger partial charge is 0.265 e. The van der Waals surface area contributed by atoms with Gasteiger partial charge in [0.1, 0.15) is 5.01 Å². The molecule has 110 valence electrons. The second kappa shape index (κ2) is 5.81. The van der Waals surface area contributed by atoms with Gasteiger partial charge in [0.2, 0.25) is 4.96 Å². The molecular weight excluding hydrogens is 294 g/mol. The maximum Gasteiger partial charge on any atom is 0.235 e. The Morgan fingerprint density at radius 1 is 1.18 bits per heavy atom. The third-order valence-electron chi connectivity index (χ3n) is 3.77. The molecule has 0 fully saturated rings. The standard InChI is InChI=1S/C16H15N5S/c1-2-4-12(5-3-1)6-7-14-20-21-15(18-19-16(21)22-14)13-8-10-17-11-9-13/h1-2,6-12H,3-5H2/b7-6+. The second-order valence-corrected chi connectivity index (χ2v) is 6.29. The van der Waals surface area contributed by atoms with E-state index in [1.807, 2.05) is 12.1 Å². The smallest absolute Gasteiger partial charge is 0.235 e. The van der Waals surface area contributed by atoms with Gasteiger partial charge in [-0.3, -0.25) is 4.98 Å². The van der Waals surface area contributed by atoms with E-state index >= 15 is 0 Å². The third kappa shape index (κ3) is 2.57. The van der Waals surface area contributed by atoms with E-state index in [9.17, 15) is 0 Å². The van der Waals surface area contributed by atoms with Crippen molar-refractivity contribution >= 4 is 22.4 Å². The number of hydrogen-bond donors (Lipinski definition) is 0. The summed E-state index contributed by atoms with van der Waals surface area (Å²) in [5.74, 6) is 1.38. The highest BCUT2D eigenvalue weighted by atomic mass is 32.1. The Bertz CT molecular complexity index is 831. The van der Waals surface area contributed by atoms with Crippen molar-refractivity contribution < 1.29 is 0 Å². The lowest BCUT2D eigenvalue weighted by molar-refractivity contribution is 0.586. The van der Waals surface area contributed by atoms with Gasteiger partial charge in [-0.05, 0) is 43.4 Å². The van der Waals surface area contributed by atoms with E-state index in [2.05, 4.69) is 44.6 Å². The van der Waals surface area contributed by atoms with Gasteiger partial charge in [-0.2, -0.15) is 9.61 Å². The molecule has 0 spiro atoms. The van der Waals surface area contributed by atoms with Gasteiger partial charge < -0.3 is 0 Å². The Morgan fingerprint density at radius 2 is 2.09 bits per heavy atom. The highest BCUT2D eigenvalue weighted by Crippen LogP contribution is 2.24. The molecule has 0 radical (unpaired) electrons. The number of fused-ring (bicyclic) bond motifs is 1. The van der Waals surface area contributed by atoms with Crippen molar-refractivity contribution in [3.05, 3.63) is 47.8 Å². The third-order valence-corrected chi connectivity index (χ3v) is 4.63. The molecule has 6 heteroatoms. The summed E-state index contributed by atoms with van der Waals surface area (Å²) in [6.07, 6.45) is 15.9. The Balaban J connectivity index is 1.63. The Hall–Kier alpha value is -2.34. The molecule has 0 amide bonds. The molecule has 0 aromatic carbocycles. The van der Waals surface area contributed by atoms with Crippen LogP contribution in [0.1, 0.15) is 24.3 Å². The van der Waals surface area contributed by atoms with Gasteiger partial charge >= 0.3 is 0 Å². The predicted octanol–water partition coefficient (Wildman–Crippen LogP) is 3.62. The van der Waals surface area contributed by atoms with Crippen LogP contribution in [0.3, 0.4) is 0 Å². The molecule has 0 N–H and O–H groups in total. The first kappa shape index (κ1) is 13.3. The van der Waals surface area contributed by atoms with Crippen molar-refractivity contribution in [1.82, 2.24) is 24.8 Å². The minimum absolute atomic E-state index is 0.624. The normalized spacial score (nSPS) is 18.5. The molecular formula is C16H15N5S. The van der Waals surface area contributed by atoms with E-state index < -0.39 is 0 Å². The number of pyridine rings is 1. The summed E-state index contributed by atoms with van der Waals surface area (Å²) in [5, 5.41) is 14.0. The van der Waals surface area contributed by atoms with Gasteiger partial charge in [-0.15, -0.1) is 10.2 Å². The van der Waals surface area contributed by atoms with Crippen LogP contribution in [-0.4, -0.2) is 24.8 Å². The topological polar surface area (TPSA) is 56.0 Å². The molecule has 22 heavy (non-hydrogen) atoms. The minimum Gasteiger partial charge on any atom is -0.265 e. The van der Waals surface area contributed by atoms with Crippen molar-refractivity contribution in [3.8, 4) is 11.4 Å². The summed E-state index contributed by atoms with van der Waals surface area (Å²) in [7, 11) is 0. The van der Waals surface area contributed by atoms with Crippen molar-refractivity contribution in [2.45, 2.75) is 19.3 Å². The molecule has 3 heterocycles. The molecule has 4 rings (SSSR count). The van der Waals surface area contributed by atoms with Crippen molar-refractivity contribution in [1.29, 1.82) is 0 Å². The van der Waals surface area contributed by atoms with E-state index in [0.717, 1.165) is 27.8 Å². The molecule has 0 saturated carbocycles. The monoisotopic (exact) mass is 309 g/mol. The summed E-state index contributed by atoms with van der Waals surface area (Å²) in [6.45, 7) is 0. The first-order valence-corrected chi connectivity index (χ1v) is 8.17. The van der Waals surface area contributed by atoms with Gasteiger partial charge in [0.25, 0.3) is 0 Å². The Kier molecular flexibility index (Phi) is 3.52. The Labute approximate surface area is 132 Å². The number of aromatic nitrogens is 5. The maximum atomic E-state index is 4.62. The lowest BCUT2D eigenvalue weighted by Crippen LogP contribution is -1.97. The summed E-state index contributed by atoms with van der Waals surface area (Å²) in [5.41, 5.74) is 0.973. The molecule has 1 aliphatic carbocycles. The van der Waals surface area contributed by atoms with Crippen LogP contribution >= 0.6 is 11.3 Å². The van der Waals surface area contributed by atoms with Gasteiger partial charge in [-0.1, -0.05) is 29.6 Å². The van der Waals surface area contributed by atoms with E-state index in [-0.39, 0.29) is 0 Å². The lowest BCUT2D eigenvalue weighted by atomic mass is 9.94. The molecule has 3 aromatic heterocycles. The predicted molar refractivity (Wildman–Crippen MR) is 87.4 cm³/mol. The summed E-state index contributed by atoms with van der Waals surface area (Å²) in [6, 6.07) is 3.83. The number of rotatable bonds is 3. The van der Waals surface area contributed by atoms with Gasteiger partial charge in [-0.25, -0.2) is 0 Å². The van der Waals surface area contributed by atoms with Crippen molar-refractivity contribution in [2.24, 2.45) is 5.92 Å². The minimum atomic E-state index is 0.624. The quantitative estimate of drug-likeness (QED) is 0.693. The average molecular weight is 309 g/mol. The number of nitrogens with zero attached hydrogens (tertiary/aromatic N) is 5. The van der Waals surface area contributed by atoms with Crippen LogP contribution in [0.2, 0.25) is 0 Å². The number of allylic oxidation sites excluding steroid dienone is 3. The van der Waals surface area contributed by atoms with Crippen LogP contribution < -0.4 is 0 Å². The molecule has 5 nitrogen and oxygen atoms in total. The zero-order valence-corrected chi connectivity index (χ0v) is 12.8. The molecule has 1 aliphatic rings. The fourth-order valence-corrected chi connectivity index (χ4v) is 3.34. The molecule has 1 atom stereocenters. The van der Waals surface area contributed by atoms with Gasteiger partial charge in [0, 0.05) is 18.0 Å². The molecule has 3 aromatic rings. The van der Waals surface area contributed by atoms with Gasteiger partial charge in [0.15, 0.2) is 5.82 Å². The summed E-state index contributed by atoms with van der Waals surface area (Å²) < 4.78 is 1.81. The van der Waals surface area contributed by atoms with Crippen molar-refractivity contribution in [3.63, 3.8) is 0 Å². The highest BCUT2D eigenvalue weighted by Gasteiger charge is 2.12. The van der Waals surface area contributed by atoms with Crippen LogP contribution in [0.25, 0.3) is 22.4 Å². The van der Waals surface area contributed by atoms with E-state index in [0.29, 0.717) is 5.92 Å². The fourth-order valence-electron chi connectivity index (χ4n) is 2.59. The highest BCUT2D eigenvalue weighted by molar-refractivity contribution is 7.17. The van der Waals surface area contributed by atoms with Gasteiger partial charge in [0.05, 0.1) is 0 Å². The zero-order chi connectivity index (χ0) is 14.8. The lowest BCUT2D eigenvalue weighted by Gasteiger charge is -2.12. The molecule has 0 bridgehead atoms. The van der Waals surface area contributed by atoms with Crippen LogP contribution in [0, 0.1) is 5.92 Å².